The molecule has 0 unspecified atom stereocenters. The van der Waals surface area contributed by atoms with E-state index in [0.717, 1.165) is 0 Å². The Labute approximate surface area is 135 Å². The van der Waals surface area contributed by atoms with Crippen LogP contribution in [0.2, 0.25) is 10.0 Å². The molecule has 0 radical (unpaired) electrons. The summed E-state index contributed by atoms with van der Waals surface area (Å²) in [7, 11) is 0. The van der Waals surface area contributed by atoms with Crippen LogP contribution in [-0.2, 0) is 4.79 Å². The van der Waals surface area contributed by atoms with E-state index in [1.807, 2.05) is 0 Å². The lowest BCUT2D eigenvalue weighted by molar-refractivity contribution is -0.137. The zero-order chi connectivity index (χ0) is 15.4. The van der Waals surface area contributed by atoms with Crippen LogP contribution in [0.5, 0.6) is 0 Å². The Morgan fingerprint density at radius 1 is 1.29 bits per heavy atom. The van der Waals surface area contributed by atoms with Crippen molar-refractivity contribution in [3.63, 3.8) is 0 Å². The van der Waals surface area contributed by atoms with Gasteiger partial charge >= 0.3 is 5.97 Å². The fraction of sp³-hybridized carbons (Fsp3) is 0.143. The van der Waals surface area contributed by atoms with Gasteiger partial charge in [-0.15, -0.1) is 11.3 Å². The van der Waals surface area contributed by atoms with Crippen molar-refractivity contribution in [1.82, 2.24) is 5.32 Å². The Hall–Kier alpha value is -1.56. The summed E-state index contributed by atoms with van der Waals surface area (Å²) in [5.74, 6) is -1.36. The Balaban J connectivity index is 2.25. The van der Waals surface area contributed by atoms with Crippen LogP contribution in [0.25, 0.3) is 0 Å². The van der Waals surface area contributed by atoms with Crippen molar-refractivity contribution < 1.29 is 14.7 Å². The molecular weight excluding hydrogens is 333 g/mol. The fourth-order valence-electron chi connectivity index (χ4n) is 1.83. The number of benzene rings is 1. The summed E-state index contributed by atoms with van der Waals surface area (Å²) in [4.78, 5) is 23.6. The standard InChI is InChI=1S/C14H11Cl2NO3S/c15-8-3-4-9(10(16)6-8)11(7-13(18)19)17-14(20)12-2-1-5-21-12/h1-6,11H,7H2,(H,17,20)(H,18,19)/t11-/m1/s1. The van der Waals surface area contributed by atoms with Gasteiger partial charge in [0.15, 0.2) is 0 Å². The Morgan fingerprint density at radius 3 is 2.62 bits per heavy atom. The monoisotopic (exact) mass is 343 g/mol. The Kier molecular flexibility index (Phi) is 5.22. The maximum absolute atomic E-state index is 12.1. The van der Waals surface area contributed by atoms with Crippen molar-refractivity contribution >= 4 is 46.4 Å². The Bertz CT molecular complexity index is 658. The molecule has 1 heterocycles. The molecule has 0 spiro atoms. The van der Waals surface area contributed by atoms with E-state index in [0.29, 0.717) is 20.5 Å². The first-order valence-corrected chi connectivity index (χ1v) is 7.62. The van der Waals surface area contributed by atoms with Gasteiger partial charge in [-0.3, -0.25) is 9.59 Å². The SMILES string of the molecule is O=C(O)C[C@@H](NC(=O)c1cccs1)c1ccc(Cl)cc1Cl. The number of aliphatic carboxylic acids is 1. The smallest absolute Gasteiger partial charge is 0.305 e. The van der Waals surface area contributed by atoms with Crippen LogP contribution in [0.1, 0.15) is 27.7 Å². The molecule has 110 valence electrons. The molecule has 0 saturated heterocycles. The first kappa shape index (κ1) is 15.8. The molecule has 21 heavy (non-hydrogen) atoms. The second kappa shape index (κ2) is 6.93. The molecule has 7 heteroatoms. The zero-order valence-corrected chi connectivity index (χ0v) is 13.0. The second-order valence-corrected chi connectivity index (χ2v) is 6.06. The van der Waals surface area contributed by atoms with Crippen LogP contribution >= 0.6 is 34.5 Å². The third-order valence-electron chi connectivity index (χ3n) is 2.77. The van der Waals surface area contributed by atoms with Crippen LogP contribution < -0.4 is 5.32 Å². The average Bonchev–Trinajstić information content (AvgIpc) is 2.91. The Morgan fingerprint density at radius 2 is 2.05 bits per heavy atom. The molecule has 1 aromatic carbocycles. The molecule has 0 saturated carbocycles. The summed E-state index contributed by atoms with van der Waals surface area (Å²) in [6.07, 6.45) is -0.265. The summed E-state index contributed by atoms with van der Waals surface area (Å²) in [6, 6.07) is 7.44. The number of hydrogen-bond donors (Lipinski definition) is 2. The number of thiophene rings is 1. The molecule has 0 fully saturated rings. The molecule has 1 atom stereocenters. The van der Waals surface area contributed by atoms with E-state index < -0.39 is 12.0 Å². The van der Waals surface area contributed by atoms with Crippen molar-refractivity contribution in [1.29, 1.82) is 0 Å². The number of hydrogen-bond acceptors (Lipinski definition) is 3. The highest BCUT2D eigenvalue weighted by Gasteiger charge is 2.21. The van der Waals surface area contributed by atoms with Crippen LogP contribution in [0.15, 0.2) is 35.7 Å². The van der Waals surface area contributed by atoms with Crippen molar-refractivity contribution in [3.8, 4) is 0 Å². The van der Waals surface area contributed by atoms with Gasteiger partial charge in [-0.1, -0.05) is 35.3 Å². The zero-order valence-electron chi connectivity index (χ0n) is 10.7. The minimum Gasteiger partial charge on any atom is -0.481 e. The number of carboxylic acids is 1. The van der Waals surface area contributed by atoms with Gasteiger partial charge in [-0.2, -0.15) is 0 Å². The van der Waals surface area contributed by atoms with Gasteiger partial charge in [0.1, 0.15) is 0 Å². The van der Waals surface area contributed by atoms with Crippen LogP contribution in [0.4, 0.5) is 0 Å². The van der Waals surface area contributed by atoms with E-state index in [4.69, 9.17) is 28.3 Å². The fourth-order valence-corrected chi connectivity index (χ4v) is 3.00. The molecule has 2 aromatic rings. The number of carbonyl (C=O) groups excluding carboxylic acids is 1. The van der Waals surface area contributed by atoms with Gasteiger partial charge in [-0.05, 0) is 29.1 Å². The van der Waals surface area contributed by atoms with E-state index in [1.165, 1.54) is 17.4 Å². The molecule has 0 aliphatic rings. The van der Waals surface area contributed by atoms with E-state index >= 15 is 0 Å². The van der Waals surface area contributed by atoms with E-state index in [-0.39, 0.29) is 12.3 Å². The summed E-state index contributed by atoms with van der Waals surface area (Å²) >= 11 is 13.2. The topological polar surface area (TPSA) is 66.4 Å². The van der Waals surface area contributed by atoms with Gasteiger partial charge < -0.3 is 10.4 Å². The predicted molar refractivity (Wildman–Crippen MR) is 83.2 cm³/mol. The summed E-state index contributed by atoms with van der Waals surface area (Å²) in [6.45, 7) is 0. The largest absolute Gasteiger partial charge is 0.481 e. The molecule has 0 bridgehead atoms. The predicted octanol–water partition coefficient (Wildman–Crippen LogP) is 4.00. The number of amides is 1. The highest BCUT2D eigenvalue weighted by molar-refractivity contribution is 7.12. The van der Waals surface area contributed by atoms with E-state index in [2.05, 4.69) is 5.32 Å². The highest BCUT2D eigenvalue weighted by atomic mass is 35.5. The number of halogens is 2. The van der Waals surface area contributed by atoms with Crippen molar-refractivity contribution in [2.75, 3.05) is 0 Å². The number of carboxylic acid groups (broad SMARTS) is 1. The molecule has 0 aliphatic carbocycles. The lowest BCUT2D eigenvalue weighted by Crippen LogP contribution is -2.29. The third-order valence-corrected chi connectivity index (χ3v) is 4.20. The van der Waals surface area contributed by atoms with Gasteiger partial charge in [0.2, 0.25) is 0 Å². The molecule has 2 rings (SSSR count). The normalized spacial score (nSPS) is 11.9. The molecule has 2 N–H and O–H groups in total. The van der Waals surface area contributed by atoms with Crippen molar-refractivity contribution in [2.45, 2.75) is 12.5 Å². The molecule has 1 amide bonds. The summed E-state index contributed by atoms with van der Waals surface area (Å²) in [5, 5.41) is 14.2. The first-order chi connectivity index (χ1) is 9.97. The molecule has 1 aromatic heterocycles. The van der Waals surface area contributed by atoms with Crippen LogP contribution in [0.3, 0.4) is 0 Å². The minimum atomic E-state index is -1.03. The molecular formula is C14H11Cl2NO3S. The highest BCUT2D eigenvalue weighted by Crippen LogP contribution is 2.28. The number of rotatable bonds is 5. The summed E-state index contributed by atoms with van der Waals surface area (Å²) in [5.41, 5.74) is 0.522. The van der Waals surface area contributed by atoms with Crippen molar-refractivity contribution in [3.05, 3.63) is 56.2 Å². The van der Waals surface area contributed by atoms with Gasteiger partial charge in [-0.25, -0.2) is 0 Å². The number of carbonyl (C=O) groups is 2. The lowest BCUT2D eigenvalue weighted by Gasteiger charge is -2.18. The number of nitrogens with one attached hydrogen (secondary N) is 1. The average molecular weight is 344 g/mol. The van der Waals surface area contributed by atoms with Crippen LogP contribution in [0, 0.1) is 0 Å². The van der Waals surface area contributed by atoms with Gasteiger partial charge in [0.05, 0.1) is 17.3 Å². The summed E-state index contributed by atoms with van der Waals surface area (Å²) < 4.78 is 0. The van der Waals surface area contributed by atoms with E-state index in [9.17, 15) is 9.59 Å². The van der Waals surface area contributed by atoms with Gasteiger partial charge in [0, 0.05) is 10.0 Å². The molecule has 4 nitrogen and oxygen atoms in total. The maximum atomic E-state index is 12.1. The maximum Gasteiger partial charge on any atom is 0.305 e. The molecule has 0 aliphatic heterocycles. The van der Waals surface area contributed by atoms with E-state index in [1.54, 1.807) is 29.6 Å². The lowest BCUT2D eigenvalue weighted by atomic mass is 10.0. The quantitative estimate of drug-likeness (QED) is 0.862. The van der Waals surface area contributed by atoms with Gasteiger partial charge in [0.25, 0.3) is 5.91 Å². The van der Waals surface area contributed by atoms with Crippen LogP contribution in [-0.4, -0.2) is 17.0 Å². The minimum absolute atomic E-state index is 0.265. The first-order valence-electron chi connectivity index (χ1n) is 5.98. The second-order valence-electron chi connectivity index (χ2n) is 4.27. The van der Waals surface area contributed by atoms with Crippen molar-refractivity contribution in [2.24, 2.45) is 0 Å². The third kappa shape index (κ3) is 4.20.